The molecule has 2 aliphatic heterocycles. The number of Topliss-reactive ketones (excluding diaryl/α,β-unsaturated/α-hetero) is 1. The monoisotopic (exact) mass is 564 g/mol. The molecule has 1 amide bonds. The minimum atomic E-state index is -0.752. The van der Waals surface area contributed by atoms with Gasteiger partial charge in [0.2, 0.25) is 0 Å². The summed E-state index contributed by atoms with van der Waals surface area (Å²) in [6, 6.07) is 10.2. The summed E-state index contributed by atoms with van der Waals surface area (Å²) in [5.74, 6) is 0.449. The summed E-state index contributed by atoms with van der Waals surface area (Å²) in [5.41, 5.74) is 2.24. The third-order valence-corrected chi connectivity index (χ3v) is 7.99. The van der Waals surface area contributed by atoms with Crippen LogP contribution in [-0.2, 0) is 16.0 Å². The van der Waals surface area contributed by atoms with Crippen molar-refractivity contribution >= 4 is 17.4 Å². The lowest BCUT2D eigenvalue weighted by Gasteiger charge is -2.27. The van der Waals surface area contributed by atoms with Crippen LogP contribution in [-0.4, -0.2) is 72.6 Å². The summed E-state index contributed by atoms with van der Waals surface area (Å²) in [7, 11) is 1.58. The molecule has 0 spiro atoms. The maximum Gasteiger partial charge on any atom is 0.295 e. The molecule has 0 bridgehead atoms. The Morgan fingerprint density at radius 1 is 1.05 bits per heavy atom. The molecule has 2 atom stereocenters. The number of rotatable bonds is 14. The number of carbonyl (C=O) groups excluding carboxylic acids is 2. The Morgan fingerprint density at radius 3 is 2.54 bits per heavy atom. The van der Waals surface area contributed by atoms with Gasteiger partial charge in [-0.15, -0.1) is 0 Å². The number of amides is 1. The number of unbranched alkanes of at least 4 members (excludes halogenated alkanes) is 2. The molecule has 2 aromatic rings. The number of ether oxygens (including phenoxy) is 3. The van der Waals surface area contributed by atoms with Crippen LogP contribution >= 0.6 is 0 Å². The minimum Gasteiger partial charge on any atom is -0.507 e. The van der Waals surface area contributed by atoms with E-state index in [2.05, 4.69) is 25.7 Å². The summed E-state index contributed by atoms with van der Waals surface area (Å²) in [5, 5.41) is 11.6. The zero-order valence-corrected chi connectivity index (χ0v) is 25.1. The summed E-state index contributed by atoms with van der Waals surface area (Å²) in [4.78, 5) is 30.9. The summed E-state index contributed by atoms with van der Waals surface area (Å²) >= 11 is 0. The first-order chi connectivity index (χ1) is 19.8. The molecule has 8 heteroatoms. The molecule has 0 saturated carbocycles. The van der Waals surface area contributed by atoms with E-state index in [1.165, 1.54) is 0 Å². The average molecular weight is 565 g/mol. The van der Waals surface area contributed by atoms with Gasteiger partial charge in [-0.3, -0.25) is 9.59 Å². The second-order valence-corrected chi connectivity index (χ2v) is 10.8. The fourth-order valence-electron chi connectivity index (χ4n) is 5.69. The molecule has 2 heterocycles. The topological polar surface area (TPSA) is 88.5 Å². The molecule has 2 aliphatic rings. The van der Waals surface area contributed by atoms with E-state index in [0.717, 1.165) is 56.6 Å². The molecule has 41 heavy (non-hydrogen) atoms. The Morgan fingerprint density at radius 2 is 1.83 bits per heavy atom. The van der Waals surface area contributed by atoms with Crippen molar-refractivity contribution in [1.82, 2.24) is 9.80 Å². The number of ketones is 1. The zero-order valence-electron chi connectivity index (χ0n) is 25.1. The highest BCUT2D eigenvalue weighted by Crippen LogP contribution is 2.43. The van der Waals surface area contributed by atoms with E-state index in [1.807, 2.05) is 37.3 Å². The molecule has 8 nitrogen and oxygen atoms in total. The Labute approximate surface area is 243 Å². The first-order valence-electron chi connectivity index (χ1n) is 14.9. The number of methoxy groups -OCH3 is 1. The molecule has 4 rings (SSSR count). The molecule has 1 saturated heterocycles. The van der Waals surface area contributed by atoms with E-state index >= 15 is 0 Å². The normalized spacial score (nSPS) is 19.5. The highest BCUT2D eigenvalue weighted by Gasteiger charge is 2.46. The molecule has 2 aromatic carbocycles. The molecule has 1 N–H and O–H groups in total. The van der Waals surface area contributed by atoms with Gasteiger partial charge in [0.15, 0.2) is 11.5 Å². The van der Waals surface area contributed by atoms with Gasteiger partial charge in [-0.1, -0.05) is 39.7 Å². The Kier molecular flexibility index (Phi) is 10.3. The number of hydrogen-bond donors (Lipinski definition) is 1. The van der Waals surface area contributed by atoms with Gasteiger partial charge in [-0.05, 0) is 80.9 Å². The van der Waals surface area contributed by atoms with Gasteiger partial charge < -0.3 is 29.1 Å². The molecular weight excluding hydrogens is 520 g/mol. The van der Waals surface area contributed by atoms with E-state index in [-0.39, 0.29) is 17.4 Å². The van der Waals surface area contributed by atoms with Crippen LogP contribution in [0.15, 0.2) is 42.0 Å². The quantitative estimate of drug-likeness (QED) is 0.135. The summed E-state index contributed by atoms with van der Waals surface area (Å²) in [6.45, 7) is 11.9. The fraction of sp³-hybridized carbons (Fsp3) is 0.515. The van der Waals surface area contributed by atoms with Crippen LogP contribution in [0.1, 0.15) is 76.1 Å². The first kappa shape index (κ1) is 30.4. The van der Waals surface area contributed by atoms with E-state index in [4.69, 9.17) is 14.2 Å². The van der Waals surface area contributed by atoms with Gasteiger partial charge in [0.25, 0.3) is 11.7 Å². The second kappa shape index (κ2) is 13.9. The lowest BCUT2D eigenvalue weighted by Crippen LogP contribution is -2.33. The average Bonchev–Trinajstić information content (AvgIpc) is 3.48. The van der Waals surface area contributed by atoms with Crippen LogP contribution < -0.4 is 14.2 Å². The van der Waals surface area contributed by atoms with Crippen molar-refractivity contribution in [3.05, 3.63) is 58.7 Å². The minimum absolute atomic E-state index is 0.0500. The molecule has 0 aromatic heterocycles. The number of hydrogen-bond acceptors (Lipinski definition) is 7. The smallest absolute Gasteiger partial charge is 0.295 e. The maximum absolute atomic E-state index is 13.5. The molecule has 0 aliphatic carbocycles. The van der Waals surface area contributed by atoms with Gasteiger partial charge in [0, 0.05) is 18.5 Å². The van der Waals surface area contributed by atoms with E-state index < -0.39 is 17.7 Å². The SMILES string of the molecule is CCCCCOc1ccc([C@@H]2C(=C(O)c3ccc4c(c3)C[C@@H](C)O4)C(=O)C(=O)N2CCCN(CC)CC)cc1OC. The fourth-order valence-corrected chi connectivity index (χ4v) is 5.69. The van der Waals surface area contributed by atoms with Gasteiger partial charge in [-0.2, -0.15) is 0 Å². The van der Waals surface area contributed by atoms with E-state index in [9.17, 15) is 14.7 Å². The molecular formula is C33H44N2O6. The maximum atomic E-state index is 13.5. The zero-order chi connectivity index (χ0) is 29.5. The molecule has 0 radical (unpaired) electrons. The lowest BCUT2D eigenvalue weighted by atomic mass is 9.94. The molecule has 0 unspecified atom stereocenters. The van der Waals surface area contributed by atoms with Gasteiger partial charge in [0.05, 0.1) is 25.3 Å². The third-order valence-electron chi connectivity index (χ3n) is 7.99. The van der Waals surface area contributed by atoms with Crippen LogP contribution in [0.5, 0.6) is 17.2 Å². The van der Waals surface area contributed by atoms with Crippen LogP contribution in [0, 0.1) is 0 Å². The Balaban J connectivity index is 1.73. The largest absolute Gasteiger partial charge is 0.507 e. The van der Waals surface area contributed by atoms with Crippen molar-refractivity contribution in [3.63, 3.8) is 0 Å². The Hall–Kier alpha value is -3.52. The van der Waals surface area contributed by atoms with Crippen molar-refractivity contribution in [3.8, 4) is 17.2 Å². The van der Waals surface area contributed by atoms with Crippen molar-refractivity contribution in [2.75, 3.05) is 39.9 Å². The van der Waals surface area contributed by atoms with Crippen LogP contribution in [0.3, 0.4) is 0 Å². The highest BCUT2D eigenvalue weighted by molar-refractivity contribution is 6.46. The van der Waals surface area contributed by atoms with E-state index in [0.29, 0.717) is 42.2 Å². The number of likely N-dealkylation sites (tertiary alicyclic amines) is 1. The van der Waals surface area contributed by atoms with Crippen molar-refractivity contribution in [1.29, 1.82) is 0 Å². The van der Waals surface area contributed by atoms with Gasteiger partial charge in [-0.25, -0.2) is 0 Å². The van der Waals surface area contributed by atoms with Gasteiger partial charge >= 0.3 is 0 Å². The van der Waals surface area contributed by atoms with Crippen molar-refractivity contribution in [2.24, 2.45) is 0 Å². The van der Waals surface area contributed by atoms with Crippen LogP contribution in [0.25, 0.3) is 5.76 Å². The summed E-state index contributed by atoms with van der Waals surface area (Å²) < 4.78 is 17.5. The summed E-state index contributed by atoms with van der Waals surface area (Å²) in [6.07, 6.45) is 4.59. The Bertz CT molecular complexity index is 1270. The van der Waals surface area contributed by atoms with Crippen LogP contribution in [0.2, 0.25) is 0 Å². The number of benzene rings is 2. The number of fused-ring (bicyclic) bond motifs is 1. The first-order valence-corrected chi connectivity index (χ1v) is 14.9. The number of aliphatic hydroxyl groups is 1. The predicted molar refractivity (Wildman–Crippen MR) is 160 cm³/mol. The second-order valence-electron chi connectivity index (χ2n) is 10.8. The molecule has 1 fully saturated rings. The van der Waals surface area contributed by atoms with Gasteiger partial charge in [0.1, 0.15) is 17.6 Å². The number of aliphatic hydroxyl groups excluding tert-OH is 1. The lowest BCUT2D eigenvalue weighted by molar-refractivity contribution is -0.140. The van der Waals surface area contributed by atoms with Crippen molar-refractivity contribution < 1.29 is 28.9 Å². The third kappa shape index (κ3) is 6.70. The van der Waals surface area contributed by atoms with Crippen molar-refractivity contribution in [2.45, 2.75) is 71.9 Å². The van der Waals surface area contributed by atoms with E-state index in [1.54, 1.807) is 18.1 Å². The number of carbonyl (C=O) groups is 2. The standard InChI is InChI=1S/C33H44N2O6/c1-6-9-10-18-40-27-15-12-23(21-28(27)39-5)30-29(31(36)24-13-14-26-25(20-24)19-22(4)41-26)32(37)33(38)35(30)17-11-16-34(7-2)8-3/h12-15,20-22,30,36H,6-11,16-19H2,1-5H3/t22-,30-/m1/s1. The van der Waals surface area contributed by atoms with Crippen LogP contribution in [0.4, 0.5) is 0 Å². The number of nitrogens with zero attached hydrogens (tertiary/aromatic N) is 2. The predicted octanol–water partition coefficient (Wildman–Crippen LogP) is 5.74. The highest BCUT2D eigenvalue weighted by atomic mass is 16.5. The molecule has 222 valence electrons.